The smallest absolute Gasteiger partial charge is 0.0684 e. The summed E-state index contributed by atoms with van der Waals surface area (Å²) in [6.07, 6.45) is 0. The van der Waals surface area contributed by atoms with Gasteiger partial charge in [0.2, 0.25) is 0 Å². The minimum absolute atomic E-state index is 0.0809. The van der Waals surface area contributed by atoms with Crippen molar-refractivity contribution in [3.63, 3.8) is 0 Å². The molecule has 2 aromatic carbocycles. The third kappa shape index (κ3) is 3.00. The van der Waals surface area contributed by atoms with Gasteiger partial charge in [-0.2, -0.15) is 0 Å². The average molecular weight is 236 g/mol. The van der Waals surface area contributed by atoms with Crippen LogP contribution in [0.5, 0.6) is 0 Å². The minimum Gasteiger partial charge on any atom is -0.392 e. The zero-order chi connectivity index (χ0) is 13.0. The van der Waals surface area contributed by atoms with E-state index in [0.717, 1.165) is 22.3 Å². The van der Waals surface area contributed by atoms with Crippen molar-refractivity contribution < 1.29 is 5.11 Å². The van der Waals surface area contributed by atoms with Crippen LogP contribution in [0.1, 0.15) is 27.8 Å². The standard InChI is InChI=1S/C17H16O/c1-13-3-5-15(6-4-13)7-8-16-9-10-17(12-18)14(2)11-16/h3-6,9-11,18H,12H2,1-2H3. The molecular formula is C17H16O. The minimum atomic E-state index is 0.0809. The van der Waals surface area contributed by atoms with Gasteiger partial charge in [-0.1, -0.05) is 35.6 Å². The van der Waals surface area contributed by atoms with E-state index in [0.29, 0.717) is 0 Å². The Morgan fingerprint density at radius 1 is 0.889 bits per heavy atom. The second kappa shape index (κ2) is 5.53. The van der Waals surface area contributed by atoms with Crippen molar-refractivity contribution in [3.05, 3.63) is 70.3 Å². The Bertz CT molecular complexity index is 598. The number of aryl methyl sites for hydroxylation is 2. The third-order valence-electron chi connectivity index (χ3n) is 2.92. The highest BCUT2D eigenvalue weighted by molar-refractivity contribution is 5.45. The molecule has 1 N–H and O–H groups in total. The van der Waals surface area contributed by atoms with Gasteiger partial charge in [-0.25, -0.2) is 0 Å². The predicted molar refractivity (Wildman–Crippen MR) is 74.3 cm³/mol. The van der Waals surface area contributed by atoms with E-state index in [4.69, 9.17) is 5.11 Å². The molecule has 1 heteroatoms. The van der Waals surface area contributed by atoms with Crippen LogP contribution in [0.3, 0.4) is 0 Å². The summed E-state index contributed by atoms with van der Waals surface area (Å²) < 4.78 is 0. The van der Waals surface area contributed by atoms with E-state index in [-0.39, 0.29) is 6.61 Å². The second-order valence-corrected chi connectivity index (χ2v) is 4.42. The van der Waals surface area contributed by atoms with Gasteiger partial charge in [0.25, 0.3) is 0 Å². The van der Waals surface area contributed by atoms with Gasteiger partial charge in [-0.3, -0.25) is 0 Å². The van der Waals surface area contributed by atoms with Crippen LogP contribution >= 0.6 is 0 Å². The van der Waals surface area contributed by atoms with E-state index < -0.39 is 0 Å². The summed E-state index contributed by atoms with van der Waals surface area (Å²) in [4.78, 5) is 0. The van der Waals surface area contributed by atoms with Gasteiger partial charge < -0.3 is 5.11 Å². The van der Waals surface area contributed by atoms with E-state index in [1.807, 2.05) is 37.3 Å². The van der Waals surface area contributed by atoms with Crippen molar-refractivity contribution in [1.29, 1.82) is 0 Å². The molecule has 0 amide bonds. The number of aliphatic hydroxyl groups is 1. The number of benzene rings is 2. The van der Waals surface area contributed by atoms with E-state index in [2.05, 4.69) is 30.9 Å². The summed E-state index contributed by atoms with van der Waals surface area (Å²) in [5.74, 6) is 6.28. The maximum absolute atomic E-state index is 9.11. The molecule has 0 saturated heterocycles. The predicted octanol–water partition coefficient (Wildman–Crippen LogP) is 3.20. The first-order chi connectivity index (χ1) is 8.69. The molecule has 0 radical (unpaired) electrons. The van der Waals surface area contributed by atoms with E-state index in [9.17, 15) is 0 Å². The first kappa shape index (κ1) is 12.4. The quantitative estimate of drug-likeness (QED) is 0.754. The van der Waals surface area contributed by atoms with Crippen LogP contribution in [-0.2, 0) is 6.61 Å². The Morgan fingerprint density at radius 2 is 1.50 bits per heavy atom. The van der Waals surface area contributed by atoms with Crippen LogP contribution in [-0.4, -0.2) is 5.11 Å². The highest BCUT2D eigenvalue weighted by Crippen LogP contribution is 2.10. The van der Waals surface area contributed by atoms with Gasteiger partial charge in [-0.15, -0.1) is 0 Å². The Kier molecular flexibility index (Phi) is 3.82. The fourth-order valence-electron chi connectivity index (χ4n) is 1.73. The number of hydrogen-bond donors (Lipinski definition) is 1. The Morgan fingerprint density at radius 3 is 2.11 bits per heavy atom. The van der Waals surface area contributed by atoms with Crippen molar-refractivity contribution in [2.75, 3.05) is 0 Å². The summed E-state index contributed by atoms with van der Waals surface area (Å²) in [6, 6.07) is 14.0. The first-order valence-corrected chi connectivity index (χ1v) is 5.98. The Hall–Kier alpha value is -2.04. The van der Waals surface area contributed by atoms with E-state index >= 15 is 0 Å². The van der Waals surface area contributed by atoms with Crippen molar-refractivity contribution in [1.82, 2.24) is 0 Å². The second-order valence-electron chi connectivity index (χ2n) is 4.42. The highest BCUT2D eigenvalue weighted by atomic mass is 16.3. The zero-order valence-electron chi connectivity index (χ0n) is 10.7. The lowest BCUT2D eigenvalue weighted by molar-refractivity contribution is 0.281. The van der Waals surface area contributed by atoms with Gasteiger partial charge in [0, 0.05) is 11.1 Å². The van der Waals surface area contributed by atoms with Gasteiger partial charge >= 0.3 is 0 Å². The average Bonchev–Trinajstić information content (AvgIpc) is 2.38. The molecule has 18 heavy (non-hydrogen) atoms. The largest absolute Gasteiger partial charge is 0.392 e. The molecule has 0 saturated carbocycles. The number of hydrogen-bond acceptors (Lipinski definition) is 1. The Labute approximate surface area is 108 Å². The fraction of sp³-hybridized carbons (Fsp3) is 0.176. The van der Waals surface area contributed by atoms with E-state index in [1.54, 1.807) is 0 Å². The van der Waals surface area contributed by atoms with Crippen LogP contribution < -0.4 is 0 Å². The lowest BCUT2D eigenvalue weighted by atomic mass is 10.1. The molecule has 0 aliphatic carbocycles. The van der Waals surface area contributed by atoms with Crippen LogP contribution in [0.25, 0.3) is 0 Å². The van der Waals surface area contributed by atoms with Crippen LogP contribution in [0, 0.1) is 25.7 Å². The van der Waals surface area contributed by atoms with Gasteiger partial charge in [-0.05, 0) is 49.2 Å². The Balaban J connectivity index is 2.24. The molecule has 0 fully saturated rings. The summed E-state index contributed by atoms with van der Waals surface area (Å²) >= 11 is 0. The van der Waals surface area contributed by atoms with Crippen LogP contribution in [0.2, 0.25) is 0 Å². The first-order valence-electron chi connectivity index (χ1n) is 5.98. The molecule has 0 atom stereocenters. The maximum Gasteiger partial charge on any atom is 0.0684 e. The molecule has 0 spiro atoms. The van der Waals surface area contributed by atoms with Crippen molar-refractivity contribution in [2.45, 2.75) is 20.5 Å². The van der Waals surface area contributed by atoms with E-state index in [1.165, 1.54) is 5.56 Å². The third-order valence-corrected chi connectivity index (χ3v) is 2.92. The molecule has 2 rings (SSSR count). The molecule has 0 aromatic heterocycles. The number of rotatable bonds is 1. The molecule has 2 aromatic rings. The van der Waals surface area contributed by atoms with Crippen molar-refractivity contribution in [2.24, 2.45) is 0 Å². The lowest BCUT2D eigenvalue weighted by Gasteiger charge is -2.01. The monoisotopic (exact) mass is 236 g/mol. The molecule has 0 heterocycles. The molecule has 0 aliphatic heterocycles. The molecule has 0 bridgehead atoms. The van der Waals surface area contributed by atoms with Gasteiger partial charge in [0.15, 0.2) is 0 Å². The summed E-state index contributed by atoms with van der Waals surface area (Å²) in [6.45, 7) is 4.13. The molecule has 0 aliphatic rings. The topological polar surface area (TPSA) is 20.2 Å². The zero-order valence-corrected chi connectivity index (χ0v) is 10.7. The lowest BCUT2D eigenvalue weighted by Crippen LogP contribution is -1.89. The molecule has 0 unspecified atom stereocenters. The van der Waals surface area contributed by atoms with Crippen molar-refractivity contribution in [3.8, 4) is 11.8 Å². The highest BCUT2D eigenvalue weighted by Gasteiger charge is 1.96. The molecular weight excluding hydrogens is 220 g/mol. The summed E-state index contributed by atoms with van der Waals surface area (Å²) in [7, 11) is 0. The fourth-order valence-corrected chi connectivity index (χ4v) is 1.73. The maximum atomic E-state index is 9.11. The van der Waals surface area contributed by atoms with Crippen molar-refractivity contribution >= 4 is 0 Å². The van der Waals surface area contributed by atoms with Crippen LogP contribution in [0.15, 0.2) is 42.5 Å². The van der Waals surface area contributed by atoms with Gasteiger partial charge in [0.05, 0.1) is 6.61 Å². The molecule has 1 nitrogen and oxygen atoms in total. The summed E-state index contributed by atoms with van der Waals surface area (Å²) in [5.41, 5.74) is 5.27. The number of aliphatic hydroxyl groups excluding tert-OH is 1. The van der Waals surface area contributed by atoms with Gasteiger partial charge in [0.1, 0.15) is 0 Å². The SMILES string of the molecule is Cc1ccc(C#Cc2ccc(CO)c(C)c2)cc1. The normalized spacial score (nSPS) is 9.72. The summed E-state index contributed by atoms with van der Waals surface area (Å²) in [5, 5.41) is 9.11. The van der Waals surface area contributed by atoms with Crippen LogP contribution in [0.4, 0.5) is 0 Å². The molecule has 90 valence electrons.